The molecule has 0 spiro atoms. The molecule has 1 atom stereocenters. The van der Waals surface area contributed by atoms with E-state index in [4.69, 9.17) is 0 Å². The van der Waals surface area contributed by atoms with Crippen LogP contribution in [-0.4, -0.2) is 31.5 Å². The van der Waals surface area contributed by atoms with Gasteiger partial charge in [0.05, 0.1) is 22.6 Å². The summed E-state index contributed by atoms with van der Waals surface area (Å²) in [5, 5.41) is 13.3. The predicted molar refractivity (Wildman–Crippen MR) is 104 cm³/mol. The van der Waals surface area contributed by atoms with Crippen molar-refractivity contribution < 1.29 is 26.9 Å². The fourth-order valence-electron chi connectivity index (χ4n) is 2.79. The van der Waals surface area contributed by atoms with Gasteiger partial charge in [-0.15, -0.1) is 0 Å². The molecular weight excluding hydrogens is 408 g/mol. The van der Waals surface area contributed by atoms with Crippen molar-refractivity contribution in [1.82, 2.24) is 0 Å². The normalized spacial score (nSPS) is 12.3. The van der Waals surface area contributed by atoms with Gasteiger partial charge < -0.3 is 5.32 Å². The number of hydrogen-bond donors (Lipinski definition) is 1. The first kappa shape index (κ1) is 22.2. The van der Waals surface area contributed by atoms with Gasteiger partial charge in [-0.25, -0.2) is 17.2 Å². The Morgan fingerprint density at radius 1 is 1.24 bits per heavy atom. The van der Waals surface area contributed by atoms with Crippen molar-refractivity contribution in [1.29, 1.82) is 0 Å². The largest absolute Gasteiger partial charge is 0.322 e. The third kappa shape index (κ3) is 5.05. The number of anilines is 2. The molecular formula is C18H19F2N3O5S. The number of amides is 1. The summed E-state index contributed by atoms with van der Waals surface area (Å²) in [7, 11) is -4.05. The SMILES string of the molecule is CC[C@H](C(=O)Nc1ccc(F)cc1F)N(c1cc([N+](=O)[O-])ccc1C)S(C)(=O)=O. The molecule has 0 unspecified atom stereocenters. The van der Waals surface area contributed by atoms with Crippen molar-refractivity contribution in [2.75, 3.05) is 15.9 Å². The van der Waals surface area contributed by atoms with E-state index >= 15 is 0 Å². The molecule has 1 N–H and O–H groups in total. The van der Waals surface area contributed by atoms with Crippen LogP contribution in [0.2, 0.25) is 0 Å². The summed E-state index contributed by atoms with van der Waals surface area (Å²) >= 11 is 0. The van der Waals surface area contributed by atoms with Crippen LogP contribution in [0.3, 0.4) is 0 Å². The Hall–Kier alpha value is -3.08. The number of nitrogens with zero attached hydrogens (tertiary/aromatic N) is 2. The zero-order chi connectivity index (χ0) is 21.9. The van der Waals surface area contributed by atoms with Crippen LogP contribution in [0.15, 0.2) is 36.4 Å². The van der Waals surface area contributed by atoms with Gasteiger partial charge in [-0.1, -0.05) is 13.0 Å². The van der Waals surface area contributed by atoms with Crippen molar-refractivity contribution in [3.63, 3.8) is 0 Å². The number of hydrogen-bond acceptors (Lipinski definition) is 5. The lowest BCUT2D eigenvalue weighted by molar-refractivity contribution is -0.384. The molecule has 2 aromatic carbocycles. The Labute approximate surface area is 166 Å². The van der Waals surface area contributed by atoms with Crippen molar-refractivity contribution in [3.05, 3.63) is 63.7 Å². The smallest absolute Gasteiger partial charge is 0.271 e. The number of non-ortho nitro benzene ring substituents is 1. The van der Waals surface area contributed by atoms with Crippen LogP contribution in [-0.2, 0) is 14.8 Å². The first-order valence-electron chi connectivity index (χ1n) is 8.46. The highest BCUT2D eigenvalue weighted by molar-refractivity contribution is 7.92. The van der Waals surface area contributed by atoms with Gasteiger partial charge in [0.2, 0.25) is 15.9 Å². The minimum atomic E-state index is -4.05. The summed E-state index contributed by atoms with van der Waals surface area (Å²) in [6.07, 6.45) is 0.851. The average Bonchev–Trinajstić information content (AvgIpc) is 2.61. The Kier molecular flexibility index (Phi) is 6.52. The number of carbonyl (C=O) groups excluding carboxylic acids is 1. The van der Waals surface area contributed by atoms with Gasteiger partial charge in [-0.3, -0.25) is 19.2 Å². The molecule has 29 heavy (non-hydrogen) atoms. The minimum absolute atomic E-state index is 0.0101. The van der Waals surface area contributed by atoms with Gasteiger partial charge in [0.25, 0.3) is 5.69 Å². The predicted octanol–water partition coefficient (Wildman–Crippen LogP) is 3.36. The third-order valence-electron chi connectivity index (χ3n) is 4.16. The number of nitrogens with one attached hydrogen (secondary N) is 1. The van der Waals surface area contributed by atoms with E-state index in [1.165, 1.54) is 19.1 Å². The number of nitro benzene ring substituents is 1. The summed E-state index contributed by atoms with van der Waals surface area (Å²) in [5.41, 5.74) is -0.318. The molecule has 8 nitrogen and oxygen atoms in total. The van der Waals surface area contributed by atoms with Gasteiger partial charge in [-0.05, 0) is 31.0 Å². The number of aryl methyl sites for hydroxylation is 1. The number of rotatable bonds is 7. The zero-order valence-electron chi connectivity index (χ0n) is 15.8. The Balaban J connectivity index is 2.51. The molecule has 2 aromatic rings. The summed E-state index contributed by atoms with van der Waals surface area (Å²) < 4.78 is 52.7. The second kappa shape index (κ2) is 8.52. The molecule has 0 bridgehead atoms. The van der Waals surface area contributed by atoms with Crippen LogP contribution < -0.4 is 9.62 Å². The molecule has 0 fully saturated rings. The molecule has 2 rings (SSSR count). The molecule has 0 aliphatic carbocycles. The van der Waals surface area contributed by atoms with Gasteiger partial charge >= 0.3 is 0 Å². The van der Waals surface area contributed by atoms with Gasteiger partial charge in [-0.2, -0.15) is 0 Å². The highest BCUT2D eigenvalue weighted by atomic mass is 32.2. The van der Waals surface area contributed by atoms with E-state index in [0.717, 1.165) is 28.8 Å². The van der Waals surface area contributed by atoms with E-state index < -0.39 is 38.5 Å². The molecule has 0 heterocycles. The summed E-state index contributed by atoms with van der Waals surface area (Å²) in [6, 6.07) is 4.86. The minimum Gasteiger partial charge on any atom is -0.322 e. The first-order chi connectivity index (χ1) is 13.5. The fraction of sp³-hybridized carbons (Fsp3) is 0.278. The average molecular weight is 427 g/mol. The Morgan fingerprint density at radius 3 is 2.41 bits per heavy atom. The molecule has 0 saturated carbocycles. The second-order valence-electron chi connectivity index (χ2n) is 6.32. The number of halogens is 2. The molecule has 0 radical (unpaired) electrons. The number of carbonyl (C=O) groups is 1. The first-order valence-corrected chi connectivity index (χ1v) is 10.3. The van der Waals surface area contributed by atoms with Crippen LogP contribution in [0, 0.1) is 28.7 Å². The molecule has 1 amide bonds. The lowest BCUT2D eigenvalue weighted by Gasteiger charge is -2.31. The molecule has 0 saturated heterocycles. The maximum Gasteiger partial charge on any atom is 0.271 e. The quantitative estimate of drug-likeness (QED) is 0.538. The highest BCUT2D eigenvalue weighted by Gasteiger charge is 2.33. The standard InChI is InChI=1S/C18H19F2N3O5S/c1-4-16(18(24)21-15-8-6-12(19)9-14(15)20)22(29(3,27)28)17-10-13(23(25)26)7-5-11(17)2/h5-10,16H,4H2,1-3H3,(H,21,24)/t16-/m1/s1. The number of benzene rings is 2. The van der Waals surface area contributed by atoms with E-state index in [0.29, 0.717) is 11.6 Å². The van der Waals surface area contributed by atoms with Gasteiger partial charge in [0.1, 0.15) is 17.7 Å². The molecule has 0 aromatic heterocycles. The van der Waals surface area contributed by atoms with Crippen molar-refractivity contribution in [2.45, 2.75) is 26.3 Å². The molecule has 11 heteroatoms. The van der Waals surface area contributed by atoms with Crippen LogP contribution in [0.25, 0.3) is 0 Å². The number of sulfonamides is 1. The van der Waals surface area contributed by atoms with E-state index in [-0.39, 0.29) is 23.5 Å². The van der Waals surface area contributed by atoms with E-state index in [2.05, 4.69) is 5.32 Å². The maximum atomic E-state index is 13.9. The topological polar surface area (TPSA) is 110 Å². The molecule has 0 aliphatic rings. The van der Waals surface area contributed by atoms with Gasteiger partial charge in [0.15, 0.2) is 0 Å². The van der Waals surface area contributed by atoms with Crippen molar-refractivity contribution in [2.24, 2.45) is 0 Å². The van der Waals surface area contributed by atoms with Gasteiger partial charge in [0, 0.05) is 18.2 Å². The highest BCUT2D eigenvalue weighted by Crippen LogP contribution is 2.30. The monoisotopic (exact) mass is 427 g/mol. The van der Waals surface area contributed by atoms with Crippen molar-refractivity contribution >= 4 is 33.0 Å². The lowest BCUT2D eigenvalue weighted by atomic mass is 10.1. The summed E-state index contributed by atoms with van der Waals surface area (Å²) in [4.78, 5) is 23.2. The zero-order valence-corrected chi connectivity index (χ0v) is 16.7. The van der Waals surface area contributed by atoms with Crippen LogP contribution in [0.1, 0.15) is 18.9 Å². The second-order valence-corrected chi connectivity index (χ2v) is 8.18. The van der Waals surface area contributed by atoms with Crippen LogP contribution >= 0.6 is 0 Å². The molecule has 0 aliphatic heterocycles. The van der Waals surface area contributed by atoms with E-state index in [1.807, 2.05) is 0 Å². The van der Waals surface area contributed by atoms with E-state index in [1.54, 1.807) is 6.92 Å². The van der Waals surface area contributed by atoms with E-state index in [9.17, 15) is 32.1 Å². The summed E-state index contributed by atoms with van der Waals surface area (Å²) in [5.74, 6) is -2.72. The van der Waals surface area contributed by atoms with Crippen LogP contribution in [0.4, 0.5) is 25.8 Å². The lowest BCUT2D eigenvalue weighted by Crippen LogP contribution is -2.47. The Morgan fingerprint density at radius 2 is 1.90 bits per heavy atom. The fourth-order valence-corrected chi connectivity index (χ4v) is 4.05. The summed E-state index contributed by atoms with van der Waals surface area (Å²) in [6.45, 7) is 3.08. The third-order valence-corrected chi connectivity index (χ3v) is 5.33. The molecule has 156 valence electrons. The van der Waals surface area contributed by atoms with Crippen molar-refractivity contribution in [3.8, 4) is 0 Å². The van der Waals surface area contributed by atoms with Crippen LogP contribution in [0.5, 0.6) is 0 Å². The number of nitro groups is 1. The Bertz CT molecular complexity index is 1060. The maximum absolute atomic E-state index is 13.9.